The summed E-state index contributed by atoms with van der Waals surface area (Å²) in [6.45, 7) is 17.6. The first kappa shape index (κ1) is 33.4. The average Bonchev–Trinajstić information content (AvgIpc) is 3.53. The Balaban J connectivity index is 0.00000401. The van der Waals surface area contributed by atoms with Crippen LogP contribution in [0.4, 0.5) is 0 Å². The van der Waals surface area contributed by atoms with E-state index in [-0.39, 0.29) is 31.9 Å². The van der Waals surface area contributed by atoms with Gasteiger partial charge in [0.2, 0.25) is 0 Å². The maximum Gasteiger partial charge on any atom is 0.267 e. The van der Waals surface area contributed by atoms with Gasteiger partial charge in [-0.05, 0) is 71.1 Å². The zero-order valence-electron chi connectivity index (χ0n) is 28.8. The fraction of sp³-hybridized carbons (Fsp3) is 0.238. The van der Waals surface area contributed by atoms with Gasteiger partial charge in [0.25, 0.3) is 6.33 Å². The van der Waals surface area contributed by atoms with E-state index in [0.717, 1.165) is 50.4 Å². The number of rotatable bonds is 5. The smallest absolute Gasteiger partial charge is 0.267 e. The van der Waals surface area contributed by atoms with Crippen LogP contribution in [-0.2, 0) is 31.9 Å². The van der Waals surface area contributed by atoms with Gasteiger partial charge in [0, 0.05) is 50.0 Å². The number of para-hydroxylation sites is 2. The van der Waals surface area contributed by atoms with E-state index >= 15 is 0 Å². The third kappa shape index (κ3) is 6.01. The number of ether oxygens (including phenoxy) is 1. The Morgan fingerprint density at radius 3 is 2.23 bits per heavy atom. The number of hydrogen-bond acceptors (Lipinski definition) is 2. The molecule has 4 aromatic carbocycles. The molecular weight excluding hydrogens is 772 g/mol. The van der Waals surface area contributed by atoms with E-state index in [1.165, 1.54) is 11.1 Å². The predicted octanol–water partition coefficient (Wildman–Crippen LogP) is 9.65. The van der Waals surface area contributed by atoms with Gasteiger partial charge in [-0.1, -0.05) is 83.5 Å². The molecule has 0 bridgehead atoms. The predicted molar refractivity (Wildman–Crippen MR) is 189 cm³/mol. The zero-order chi connectivity index (χ0) is 33.1. The fourth-order valence-corrected chi connectivity index (χ4v) is 6.27. The number of pyridine rings is 1. The summed E-state index contributed by atoms with van der Waals surface area (Å²) in [6.07, 6.45) is 5.49. The number of aromatic nitrogens is 4. The number of hydrogen-bond donors (Lipinski definition) is 0. The topological polar surface area (TPSA) is 35.9 Å². The molecule has 0 unspecified atom stereocenters. The van der Waals surface area contributed by atoms with E-state index < -0.39 is 0 Å². The van der Waals surface area contributed by atoms with E-state index in [4.69, 9.17) is 9.72 Å². The molecule has 7 rings (SSSR count). The van der Waals surface area contributed by atoms with Crippen molar-refractivity contribution >= 4 is 21.8 Å². The van der Waals surface area contributed by atoms with E-state index in [1.807, 2.05) is 30.5 Å². The maximum absolute atomic E-state index is 6.46. The Hall–Kier alpha value is -4.47. The standard InChI is InChI=1S/C42H40N4O.Pt/c1-28-29(2)45(38-19-12-10-17-36(38)42(6,7)8)27-44(28)31-14-13-15-32(25-31)47-33-20-21-35-34-16-9-11-18-37(34)46(39(35)26-33)40-24-30(22-23-43-40)41(3,4)5;/h9-24H,1-8H3;/q-2;. The van der Waals surface area contributed by atoms with Gasteiger partial charge in [-0.3, -0.25) is 4.57 Å². The van der Waals surface area contributed by atoms with Gasteiger partial charge in [0.05, 0.1) is 11.4 Å². The summed E-state index contributed by atoms with van der Waals surface area (Å²) in [5.41, 5.74) is 8.69. The largest absolute Gasteiger partial charge is 0.510 e. The molecule has 0 saturated heterocycles. The molecule has 0 aliphatic carbocycles. The van der Waals surface area contributed by atoms with E-state index in [1.54, 1.807) is 0 Å². The average molecular weight is 812 g/mol. The van der Waals surface area contributed by atoms with Crippen molar-refractivity contribution in [3.8, 4) is 28.7 Å². The van der Waals surface area contributed by atoms with Crippen molar-refractivity contribution in [3.63, 3.8) is 0 Å². The zero-order valence-corrected chi connectivity index (χ0v) is 31.0. The number of nitrogens with zero attached hydrogens (tertiary/aromatic N) is 4. The van der Waals surface area contributed by atoms with Crippen molar-refractivity contribution in [2.75, 3.05) is 0 Å². The SMILES string of the molecule is Cc1c(C)[n+](-c2ccccc2C(C)(C)C)[c-]n1-c1[c-]c(Oc2[c-]c3c(cc2)c2ccccc2n3-c2cc(C(C)(C)C)ccn2)ccc1.[Pt]. The molecule has 7 aromatic rings. The Kier molecular flexibility index (Phi) is 8.72. The van der Waals surface area contributed by atoms with Crippen molar-refractivity contribution in [2.45, 2.75) is 66.2 Å². The first-order chi connectivity index (χ1) is 22.4. The molecule has 3 aromatic heterocycles. The van der Waals surface area contributed by atoms with Gasteiger partial charge in [0.1, 0.15) is 5.82 Å². The molecule has 0 N–H and O–H groups in total. The van der Waals surface area contributed by atoms with Crippen LogP contribution in [0.3, 0.4) is 0 Å². The molecular formula is C42H40N4OPt-2. The maximum atomic E-state index is 6.46. The quantitative estimate of drug-likeness (QED) is 0.128. The Morgan fingerprint density at radius 1 is 0.729 bits per heavy atom. The first-order valence-electron chi connectivity index (χ1n) is 16.2. The minimum absolute atomic E-state index is 0. The first-order valence-corrected chi connectivity index (χ1v) is 16.2. The second kappa shape index (κ2) is 12.5. The monoisotopic (exact) mass is 811 g/mol. The van der Waals surface area contributed by atoms with Crippen LogP contribution in [0.15, 0.2) is 97.2 Å². The van der Waals surface area contributed by atoms with E-state index in [9.17, 15) is 0 Å². The normalized spacial score (nSPS) is 12.0. The molecule has 0 spiro atoms. The third-order valence-corrected chi connectivity index (χ3v) is 8.96. The summed E-state index contributed by atoms with van der Waals surface area (Å²) in [4.78, 5) is 4.80. The van der Waals surface area contributed by atoms with Crippen LogP contribution in [-0.4, -0.2) is 14.1 Å². The van der Waals surface area contributed by atoms with Crippen LogP contribution in [0.1, 0.15) is 64.1 Å². The van der Waals surface area contributed by atoms with E-state index in [0.29, 0.717) is 11.5 Å². The van der Waals surface area contributed by atoms with Crippen LogP contribution >= 0.6 is 0 Å². The van der Waals surface area contributed by atoms with Crippen molar-refractivity contribution in [3.05, 3.63) is 138 Å². The summed E-state index contributed by atoms with van der Waals surface area (Å²) in [5, 5.41) is 2.25. The molecule has 48 heavy (non-hydrogen) atoms. The van der Waals surface area contributed by atoms with Crippen molar-refractivity contribution in [1.82, 2.24) is 14.1 Å². The molecule has 0 saturated carbocycles. The Morgan fingerprint density at radius 2 is 1.46 bits per heavy atom. The Bertz CT molecular complexity index is 2280. The van der Waals surface area contributed by atoms with Gasteiger partial charge in [0.15, 0.2) is 0 Å². The van der Waals surface area contributed by atoms with Crippen LogP contribution in [0.2, 0.25) is 0 Å². The molecule has 0 radical (unpaired) electrons. The van der Waals surface area contributed by atoms with Crippen LogP contribution in [0.5, 0.6) is 11.5 Å². The van der Waals surface area contributed by atoms with Gasteiger partial charge in [-0.2, -0.15) is 18.2 Å². The third-order valence-electron chi connectivity index (χ3n) is 8.96. The molecule has 0 aliphatic rings. The number of fused-ring (bicyclic) bond motifs is 3. The van der Waals surface area contributed by atoms with Gasteiger partial charge < -0.3 is 13.9 Å². The van der Waals surface area contributed by atoms with E-state index in [2.05, 4.69) is 154 Å². The molecule has 0 aliphatic heterocycles. The van der Waals surface area contributed by atoms with Crippen LogP contribution < -0.4 is 9.30 Å². The molecule has 3 heterocycles. The van der Waals surface area contributed by atoms with Crippen molar-refractivity contribution in [2.24, 2.45) is 0 Å². The summed E-state index contributed by atoms with van der Waals surface area (Å²) >= 11 is 0. The molecule has 6 heteroatoms. The fourth-order valence-electron chi connectivity index (χ4n) is 6.27. The van der Waals surface area contributed by atoms with Gasteiger partial charge in [-0.15, -0.1) is 29.7 Å². The second-order valence-electron chi connectivity index (χ2n) is 14.3. The van der Waals surface area contributed by atoms with Gasteiger partial charge >= 0.3 is 0 Å². The molecule has 0 atom stereocenters. The molecule has 5 nitrogen and oxygen atoms in total. The summed E-state index contributed by atoms with van der Waals surface area (Å²) in [7, 11) is 0. The number of benzene rings is 4. The second-order valence-corrected chi connectivity index (χ2v) is 14.3. The molecule has 0 fully saturated rings. The van der Waals surface area contributed by atoms with Crippen LogP contribution in [0, 0.1) is 32.3 Å². The van der Waals surface area contributed by atoms with Crippen LogP contribution in [0.25, 0.3) is 39.0 Å². The van der Waals surface area contributed by atoms with Crippen molar-refractivity contribution < 1.29 is 30.4 Å². The van der Waals surface area contributed by atoms with Crippen molar-refractivity contribution in [1.29, 1.82) is 0 Å². The van der Waals surface area contributed by atoms with Gasteiger partial charge in [-0.25, -0.2) is 4.98 Å². The Labute approximate surface area is 298 Å². The summed E-state index contributed by atoms with van der Waals surface area (Å²) in [5.74, 6) is 2.08. The minimum Gasteiger partial charge on any atom is -0.510 e. The number of imidazole rings is 1. The minimum atomic E-state index is -0.00543. The summed E-state index contributed by atoms with van der Waals surface area (Å²) < 4.78 is 12.9. The molecule has 246 valence electrons. The summed E-state index contributed by atoms with van der Waals surface area (Å²) in [6, 6.07) is 38.4. The molecule has 0 amide bonds.